The third kappa shape index (κ3) is 3.97. The standard InChI is InChI=1S/C16H16N2O6/c1-11-5-3-7-13(18(21)22)15(11)16(20)24-10-14(19)17(2)9-12-6-4-8-23-12/h3-8H,9-10H2,1-2H3. The Kier molecular flexibility index (Phi) is 5.31. The van der Waals surface area contributed by atoms with Gasteiger partial charge in [-0.15, -0.1) is 0 Å². The molecule has 8 heteroatoms. The molecule has 0 spiro atoms. The number of carbonyl (C=O) groups excluding carboxylic acids is 2. The molecule has 24 heavy (non-hydrogen) atoms. The van der Waals surface area contributed by atoms with Gasteiger partial charge in [-0.2, -0.15) is 0 Å². The van der Waals surface area contributed by atoms with Gasteiger partial charge < -0.3 is 14.1 Å². The van der Waals surface area contributed by atoms with Gasteiger partial charge in [0.1, 0.15) is 11.3 Å². The van der Waals surface area contributed by atoms with Gasteiger partial charge in [0.2, 0.25) is 0 Å². The van der Waals surface area contributed by atoms with Gasteiger partial charge in [0.05, 0.1) is 17.7 Å². The third-order valence-electron chi connectivity index (χ3n) is 3.38. The van der Waals surface area contributed by atoms with Crippen molar-refractivity contribution < 1.29 is 23.7 Å². The molecule has 0 aliphatic rings. The summed E-state index contributed by atoms with van der Waals surface area (Å²) in [6, 6.07) is 7.67. The number of nitro benzene ring substituents is 1. The highest BCUT2D eigenvalue weighted by Gasteiger charge is 2.24. The topological polar surface area (TPSA) is 103 Å². The number of likely N-dealkylation sites (N-methyl/N-ethyl adjacent to an activating group) is 1. The van der Waals surface area contributed by atoms with E-state index in [0.29, 0.717) is 11.3 Å². The second-order valence-electron chi connectivity index (χ2n) is 5.13. The Morgan fingerprint density at radius 1 is 1.29 bits per heavy atom. The molecule has 2 aromatic rings. The fourth-order valence-corrected chi connectivity index (χ4v) is 2.10. The number of ether oxygens (including phenoxy) is 1. The molecule has 0 aliphatic heterocycles. The van der Waals surface area contributed by atoms with Crippen molar-refractivity contribution in [3.8, 4) is 0 Å². The van der Waals surface area contributed by atoms with E-state index in [0.717, 1.165) is 0 Å². The molecule has 0 radical (unpaired) electrons. The Bertz CT molecular complexity index is 754. The number of nitrogens with zero attached hydrogens (tertiary/aromatic N) is 2. The molecule has 0 unspecified atom stereocenters. The summed E-state index contributed by atoms with van der Waals surface area (Å²) in [7, 11) is 1.54. The Balaban J connectivity index is 2.00. The maximum absolute atomic E-state index is 12.1. The van der Waals surface area contributed by atoms with Crippen LogP contribution in [-0.2, 0) is 16.1 Å². The number of amides is 1. The molecule has 0 atom stereocenters. The van der Waals surface area contributed by atoms with Crippen LogP contribution in [0.4, 0.5) is 5.69 Å². The van der Waals surface area contributed by atoms with Crippen LogP contribution < -0.4 is 0 Å². The molecule has 1 amide bonds. The van der Waals surface area contributed by atoms with Gasteiger partial charge in [0, 0.05) is 13.1 Å². The van der Waals surface area contributed by atoms with E-state index in [1.54, 1.807) is 25.1 Å². The van der Waals surface area contributed by atoms with Crippen molar-refractivity contribution in [3.63, 3.8) is 0 Å². The van der Waals surface area contributed by atoms with E-state index < -0.39 is 23.4 Å². The molecule has 0 bridgehead atoms. The molecule has 1 heterocycles. The molecular formula is C16H16N2O6. The number of benzene rings is 1. The number of aryl methyl sites for hydroxylation is 1. The van der Waals surface area contributed by atoms with Crippen LogP contribution in [0.2, 0.25) is 0 Å². The molecule has 0 aliphatic carbocycles. The van der Waals surface area contributed by atoms with Gasteiger partial charge in [0.25, 0.3) is 11.6 Å². The zero-order chi connectivity index (χ0) is 17.7. The van der Waals surface area contributed by atoms with Crippen LogP contribution in [0.3, 0.4) is 0 Å². The molecule has 8 nitrogen and oxygen atoms in total. The fourth-order valence-electron chi connectivity index (χ4n) is 2.10. The summed E-state index contributed by atoms with van der Waals surface area (Å²) in [4.78, 5) is 35.8. The molecule has 126 valence electrons. The number of nitro groups is 1. The summed E-state index contributed by atoms with van der Waals surface area (Å²) in [6.45, 7) is 1.28. The van der Waals surface area contributed by atoms with Crippen molar-refractivity contribution >= 4 is 17.6 Å². The van der Waals surface area contributed by atoms with Gasteiger partial charge in [0.15, 0.2) is 6.61 Å². The first-order valence-corrected chi connectivity index (χ1v) is 7.07. The van der Waals surface area contributed by atoms with Gasteiger partial charge in [-0.3, -0.25) is 14.9 Å². The van der Waals surface area contributed by atoms with E-state index in [-0.39, 0.29) is 17.8 Å². The first-order valence-electron chi connectivity index (χ1n) is 7.07. The minimum atomic E-state index is -0.903. The minimum absolute atomic E-state index is 0.149. The Hall–Kier alpha value is -3.16. The largest absolute Gasteiger partial charge is 0.467 e. The van der Waals surface area contributed by atoms with Crippen LogP contribution in [0.25, 0.3) is 0 Å². The van der Waals surface area contributed by atoms with E-state index >= 15 is 0 Å². The Morgan fingerprint density at radius 3 is 2.67 bits per heavy atom. The molecule has 0 saturated heterocycles. The van der Waals surface area contributed by atoms with E-state index in [9.17, 15) is 19.7 Å². The number of furan rings is 1. The van der Waals surface area contributed by atoms with Gasteiger partial charge in [-0.25, -0.2) is 4.79 Å². The summed E-state index contributed by atoms with van der Waals surface area (Å²) < 4.78 is 10.1. The van der Waals surface area contributed by atoms with Crippen molar-refractivity contribution in [1.82, 2.24) is 4.90 Å². The predicted octanol–water partition coefficient (Wildman–Crippen LogP) is 2.31. The first kappa shape index (κ1) is 17.2. The quantitative estimate of drug-likeness (QED) is 0.457. The molecule has 0 N–H and O–H groups in total. The molecule has 0 saturated carbocycles. The lowest BCUT2D eigenvalue weighted by Crippen LogP contribution is -2.30. The summed E-state index contributed by atoms with van der Waals surface area (Å²) in [6.07, 6.45) is 1.49. The highest BCUT2D eigenvalue weighted by atomic mass is 16.6. The van der Waals surface area contributed by atoms with Crippen molar-refractivity contribution in [2.24, 2.45) is 0 Å². The van der Waals surface area contributed by atoms with Gasteiger partial charge in [-0.1, -0.05) is 12.1 Å². The van der Waals surface area contributed by atoms with Crippen LogP contribution in [0.5, 0.6) is 0 Å². The lowest BCUT2D eigenvalue weighted by molar-refractivity contribution is -0.385. The average Bonchev–Trinajstić information content (AvgIpc) is 3.04. The summed E-state index contributed by atoms with van der Waals surface area (Å²) in [5.41, 5.74) is -0.0917. The third-order valence-corrected chi connectivity index (χ3v) is 3.38. The van der Waals surface area contributed by atoms with Crippen molar-refractivity contribution in [2.45, 2.75) is 13.5 Å². The van der Waals surface area contributed by atoms with Crippen molar-refractivity contribution in [2.75, 3.05) is 13.7 Å². The Morgan fingerprint density at radius 2 is 2.04 bits per heavy atom. The molecule has 0 fully saturated rings. The van der Waals surface area contributed by atoms with Crippen molar-refractivity contribution in [3.05, 3.63) is 63.6 Å². The molecule has 1 aromatic carbocycles. The highest BCUT2D eigenvalue weighted by Crippen LogP contribution is 2.22. The highest BCUT2D eigenvalue weighted by molar-refractivity contribution is 5.96. The predicted molar refractivity (Wildman–Crippen MR) is 83.3 cm³/mol. The number of hydrogen-bond acceptors (Lipinski definition) is 6. The fraction of sp³-hybridized carbons (Fsp3) is 0.250. The van der Waals surface area contributed by atoms with E-state index in [4.69, 9.17) is 9.15 Å². The lowest BCUT2D eigenvalue weighted by Gasteiger charge is -2.15. The number of rotatable bonds is 6. The van der Waals surface area contributed by atoms with E-state index in [1.165, 1.54) is 30.3 Å². The SMILES string of the molecule is Cc1cccc([N+](=O)[O-])c1C(=O)OCC(=O)N(C)Cc1ccco1. The number of esters is 1. The maximum Gasteiger partial charge on any atom is 0.345 e. The summed E-state index contributed by atoms with van der Waals surface area (Å²) >= 11 is 0. The molecule has 1 aromatic heterocycles. The average molecular weight is 332 g/mol. The minimum Gasteiger partial charge on any atom is -0.467 e. The Labute approximate surface area is 137 Å². The first-order chi connectivity index (χ1) is 11.4. The lowest BCUT2D eigenvalue weighted by atomic mass is 10.1. The van der Waals surface area contributed by atoms with E-state index in [1.807, 2.05) is 0 Å². The van der Waals surface area contributed by atoms with Crippen LogP contribution in [0.1, 0.15) is 21.7 Å². The summed E-state index contributed by atoms with van der Waals surface area (Å²) in [5.74, 6) is -0.762. The zero-order valence-electron chi connectivity index (χ0n) is 13.2. The zero-order valence-corrected chi connectivity index (χ0v) is 13.2. The van der Waals surface area contributed by atoms with Gasteiger partial charge in [-0.05, 0) is 24.6 Å². The molecule has 2 rings (SSSR count). The molecular weight excluding hydrogens is 316 g/mol. The second kappa shape index (κ2) is 7.40. The summed E-state index contributed by atoms with van der Waals surface area (Å²) in [5, 5.41) is 11.0. The van der Waals surface area contributed by atoms with Crippen LogP contribution in [-0.4, -0.2) is 35.4 Å². The maximum atomic E-state index is 12.1. The smallest absolute Gasteiger partial charge is 0.345 e. The second-order valence-corrected chi connectivity index (χ2v) is 5.13. The van der Waals surface area contributed by atoms with Crippen LogP contribution in [0.15, 0.2) is 41.0 Å². The van der Waals surface area contributed by atoms with Crippen LogP contribution in [0, 0.1) is 17.0 Å². The monoisotopic (exact) mass is 332 g/mol. The number of hydrogen-bond donors (Lipinski definition) is 0. The van der Waals surface area contributed by atoms with E-state index in [2.05, 4.69) is 0 Å². The van der Waals surface area contributed by atoms with Crippen molar-refractivity contribution in [1.29, 1.82) is 0 Å². The van der Waals surface area contributed by atoms with Crippen LogP contribution >= 0.6 is 0 Å². The normalized spacial score (nSPS) is 10.2. The van der Waals surface area contributed by atoms with Gasteiger partial charge >= 0.3 is 5.97 Å². The number of carbonyl (C=O) groups is 2.